The molecule has 0 spiro atoms. The van der Waals surface area contributed by atoms with E-state index in [4.69, 9.17) is 0 Å². The van der Waals surface area contributed by atoms with Crippen molar-refractivity contribution in [3.05, 3.63) is 66.2 Å². The summed E-state index contributed by atoms with van der Waals surface area (Å²) in [6, 6.07) is 11.2. The second kappa shape index (κ2) is 4.94. The summed E-state index contributed by atoms with van der Waals surface area (Å²) in [6.07, 6.45) is 5.19. The molecule has 0 aliphatic rings. The predicted octanol–water partition coefficient (Wildman–Crippen LogP) is 2.45. The molecule has 2 heterocycles. The van der Waals surface area contributed by atoms with Gasteiger partial charge in [-0.15, -0.1) is 0 Å². The van der Waals surface area contributed by atoms with Crippen LogP contribution in [0.1, 0.15) is 16.1 Å². The van der Waals surface area contributed by atoms with Crippen molar-refractivity contribution in [2.45, 2.75) is 6.42 Å². The Labute approximate surface area is 110 Å². The standard InChI is InChI=1S/C15H11N3O/c19-15(8-11-4-3-7-16-9-11)14-10-17-12-5-1-2-6-13(12)18-14/h1-7,9-10H,8H2. The van der Waals surface area contributed by atoms with Gasteiger partial charge < -0.3 is 0 Å². The molecular weight excluding hydrogens is 238 g/mol. The number of Topliss-reactive ketones (excluding diaryl/α,β-unsaturated/α-hetero) is 1. The van der Waals surface area contributed by atoms with Crippen molar-refractivity contribution in [3.8, 4) is 0 Å². The predicted molar refractivity (Wildman–Crippen MR) is 71.8 cm³/mol. The lowest BCUT2D eigenvalue weighted by atomic mass is 10.1. The molecule has 0 radical (unpaired) electrons. The van der Waals surface area contributed by atoms with E-state index in [-0.39, 0.29) is 5.78 Å². The summed E-state index contributed by atoms with van der Waals surface area (Å²) in [6.45, 7) is 0. The Bertz CT molecular complexity index is 726. The minimum atomic E-state index is -0.0498. The average molecular weight is 249 g/mol. The monoisotopic (exact) mass is 249 g/mol. The molecule has 4 heteroatoms. The first-order valence-electron chi connectivity index (χ1n) is 5.97. The van der Waals surface area contributed by atoms with Crippen LogP contribution in [0.15, 0.2) is 55.0 Å². The van der Waals surface area contributed by atoms with Crippen molar-refractivity contribution in [1.82, 2.24) is 15.0 Å². The molecule has 4 nitrogen and oxygen atoms in total. The third-order valence-electron chi connectivity index (χ3n) is 2.82. The van der Waals surface area contributed by atoms with Crippen molar-refractivity contribution < 1.29 is 4.79 Å². The van der Waals surface area contributed by atoms with Gasteiger partial charge in [-0.25, -0.2) is 4.98 Å². The maximum Gasteiger partial charge on any atom is 0.187 e. The summed E-state index contributed by atoms with van der Waals surface area (Å²) in [5, 5.41) is 0. The van der Waals surface area contributed by atoms with Gasteiger partial charge in [0.25, 0.3) is 0 Å². The molecule has 0 unspecified atom stereocenters. The number of hydrogen-bond acceptors (Lipinski definition) is 4. The Morgan fingerprint density at radius 3 is 2.63 bits per heavy atom. The van der Waals surface area contributed by atoms with Crippen LogP contribution in [-0.2, 0) is 6.42 Å². The number of ketones is 1. The minimum absolute atomic E-state index is 0.0498. The van der Waals surface area contributed by atoms with Gasteiger partial charge in [-0.2, -0.15) is 0 Å². The van der Waals surface area contributed by atoms with Gasteiger partial charge in [0, 0.05) is 18.8 Å². The quantitative estimate of drug-likeness (QED) is 0.669. The number of pyridine rings is 1. The van der Waals surface area contributed by atoms with Crippen molar-refractivity contribution in [2.24, 2.45) is 0 Å². The Balaban J connectivity index is 1.89. The van der Waals surface area contributed by atoms with Gasteiger partial charge in [-0.05, 0) is 23.8 Å². The number of hydrogen-bond donors (Lipinski definition) is 0. The van der Waals surface area contributed by atoms with E-state index in [9.17, 15) is 4.79 Å². The molecule has 3 aromatic rings. The zero-order valence-corrected chi connectivity index (χ0v) is 10.2. The van der Waals surface area contributed by atoms with E-state index in [1.807, 2.05) is 36.4 Å². The van der Waals surface area contributed by atoms with Crippen LogP contribution in [0.2, 0.25) is 0 Å². The summed E-state index contributed by atoms with van der Waals surface area (Å²) < 4.78 is 0. The van der Waals surface area contributed by atoms with Gasteiger partial charge in [0.2, 0.25) is 0 Å². The molecule has 0 amide bonds. The summed E-state index contributed by atoms with van der Waals surface area (Å²) >= 11 is 0. The molecule has 92 valence electrons. The fourth-order valence-electron chi connectivity index (χ4n) is 1.87. The van der Waals surface area contributed by atoms with Gasteiger partial charge in [0.1, 0.15) is 5.69 Å². The second-order valence-corrected chi connectivity index (χ2v) is 4.21. The molecule has 0 bridgehead atoms. The molecule has 0 atom stereocenters. The minimum Gasteiger partial charge on any atom is -0.292 e. The van der Waals surface area contributed by atoms with Gasteiger partial charge in [0.15, 0.2) is 5.78 Å². The van der Waals surface area contributed by atoms with E-state index >= 15 is 0 Å². The van der Waals surface area contributed by atoms with Crippen LogP contribution >= 0.6 is 0 Å². The van der Waals surface area contributed by atoms with Gasteiger partial charge in [-0.3, -0.25) is 14.8 Å². The van der Waals surface area contributed by atoms with E-state index in [1.54, 1.807) is 12.4 Å². The fourth-order valence-corrected chi connectivity index (χ4v) is 1.87. The van der Waals surface area contributed by atoms with E-state index in [0.717, 1.165) is 16.6 Å². The fraction of sp³-hybridized carbons (Fsp3) is 0.0667. The lowest BCUT2D eigenvalue weighted by Gasteiger charge is -2.02. The van der Waals surface area contributed by atoms with Crippen LogP contribution in [0.3, 0.4) is 0 Å². The van der Waals surface area contributed by atoms with Crippen LogP contribution in [0.5, 0.6) is 0 Å². The lowest BCUT2D eigenvalue weighted by Crippen LogP contribution is -2.07. The highest BCUT2D eigenvalue weighted by atomic mass is 16.1. The highest BCUT2D eigenvalue weighted by Gasteiger charge is 2.10. The Morgan fingerprint density at radius 2 is 1.84 bits per heavy atom. The summed E-state index contributed by atoms with van der Waals surface area (Å²) in [4.78, 5) is 24.7. The first-order chi connectivity index (χ1) is 9.33. The molecule has 3 rings (SSSR count). The summed E-state index contributed by atoms with van der Waals surface area (Å²) in [7, 11) is 0. The number of rotatable bonds is 3. The van der Waals surface area contributed by atoms with Crippen LogP contribution in [0, 0.1) is 0 Å². The van der Waals surface area contributed by atoms with E-state index in [1.165, 1.54) is 6.20 Å². The molecule has 2 aromatic heterocycles. The zero-order valence-electron chi connectivity index (χ0n) is 10.2. The molecule has 0 aliphatic carbocycles. The summed E-state index contributed by atoms with van der Waals surface area (Å²) in [5.41, 5.74) is 2.80. The van der Waals surface area contributed by atoms with Crippen molar-refractivity contribution >= 4 is 16.8 Å². The lowest BCUT2D eigenvalue weighted by molar-refractivity contribution is 0.0988. The van der Waals surface area contributed by atoms with Gasteiger partial charge in [-0.1, -0.05) is 18.2 Å². The number of para-hydroxylation sites is 2. The van der Waals surface area contributed by atoms with E-state index < -0.39 is 0 Å². The topological polar surface area (TPSA) is 55.7 Å². The number of fused-ring (bicyclic) bond motifs is 1. The molecule has 0 saturated carbocycles. The number of carbonyl (C=O) groups excluding carboxylic acids is 1. The molecule has 1 aromatic carbocycles. The largest absolute Gasteiger partial charge is 0.292 e. The maximum absolute atomic E-state index is 12.1. The second-order valence-electron chi connectivity index (χ2n) is 4.21. The first kappa shape index (κ1) is 11.5. The molecule has 0 saturated heterocycles. The van der Waals surface area contributed by atoms with Crippen molar-refractivity contribution in [1.29, 1.82) is 0 Å². The highest BCUT2D eigenvalue weighted by molar-refractivity contribution is 5.96. The number of benzene rings is 1. The molecule has 0 fully saturated rings. The number of carbonyl (C=O) groups is 1. The smallest absolute Gasteiger partial charge is 0.187 e. The SMILES string of the molecule is O=C(Cc1cccnc1)c1cnc2ccccc2n1. The van der Waals surface area contributed by atoms with Crippen LogP contribution in [0.4, 0.5) is 0 Å². The Hall–Kier alpha value is -2.62. The number of aromatic nitrogens is 3. The van der Waals surface area contributed by atoms with Crippen molar-refractivity contribution in [3.63, 3.8) is 0 Å². The molecule has 0 N–H and O–H groups in total. The van der Waals surface area contributed by atoms with E-state index in [0.29, 0.717) is 12.1 Å². The van der Waals surface area contributed by atoms with Crippen LogP contribution in [0.25, 0.3) is 11.0 Å². The number of nitrogens with zero attached hydrogens (tertiary/aromatic N) is 3. The Kier molecular flexibility index (Phi) is 2.98. The van der Waals surface area contributed by atoms with E-state index in [2.05, 4.69) is 15.0 Å². The summed E-state index contributed by atoms with van der Waals surface area (Å²) in [5.74, 6) is -0.0498. The normalized spacial score (nSPS) is 10.5. The average Bonchev–Trinajstić information content (AvgIpc) is 2.48. The van der Waals surface area contributed by atoms with Gasteiger partial charge >= 0.3 is 0 Å². The highest BCUT2D eigenvalue weighted by Crippen LogP contribution is 2.10. The van der Waals surface area contributed by atoms with Crippen LogP contribution < -0.4 is 0 Å². The molecular formula is C15H11N3O. The molecule has 0 aliphatic heterocycles. The molecule has 19 heavy (non-hydrogen) atoms. The zero-order chi connectivity index (χ0) is 13.1. The third kappa shape index (κ3) is 2.47. The maximum atomic E-state index is 12.1. The third-order valence-corrected chi connectivity index (χ3v) is 2.82. The first-order valence-corrected chi connectivity index (χ1v) is 5.97. The van der Waals surface area contributed by atoms with Crippen LogP contribution in [-0.4, -0.2) is 20.7 Å². The van der Waals surface area contributed by atoms with Gasteiger partial charge in [0.05, 0.1) is 17.2 Å². The Morgan fingerprint density at radius 1 is 1.00 bits per heavy atom. The van der Waals surface area contributed by atoms with Crippen molar-refractivity contribution in [2.75, 3.05) is 0 Å².